The number of carboxylic acid groups (broad SMARTS) is 1. The fourth-order valence-electron chi connectivity index (χ4n) is 2.27. The van der Waals surface area contributed by atoms with Gasteiger partial charge in [0.25, 0.3) is 0 Å². The van der Waals surface area contributed by atoms with Gasteiger partial charge in [-0.1, -0.05) is 43.3 Å². The van der Waals surface area contributed by atoms with Crippen molar-refractivity contribution >= 4 is 16.7 Å². The summed E-state index contributed by atoms with van der Waals surface area (Å²) >= 11 is 0. The van der Waals surface area contributed by atoms with Crippen LogP contribution in [0.5, 0.6) is 5.75 Å². The Kier molecular flexibility index (Phi) is 5.17. The summed E-state index contributed by atoms with van der Waals surface area (Å²) in [5.41, 5.74) is 0. The van der Waals surface area contributed by atoms with Crippen LogP contribution in [0.15, 0.2) is 42.5 Å². The molecule has 0 aliphatic heterocycles. The monoisotopic (exact) mass is 287 g/mol. The molecule has 0 spiro atoms. The van der Waals surface area contributed by atoms with Gasteiger partial charge in [0.15, 0.2) is 0 Å². The molecule has 0 fully saturated rings. The average Bonchev–Trinajstić information content (AvgIpc) is 2.47. The first-order valence-electron chi connectivity index (χ1n) is 7.10. The van der Waals surface area contributed by atoms with Crippen LogP contribution in [0.4, 0.5) is 0 Å². The molecule has 4 heteroatoms. The van der Waals surface area contributed by atoms with Crippen molar-refractivity contribution in [2.45, 2.75) is 6.92 Å². The summed E-state index contributed by atoms with van der Waals surface area (Å²) in [6, 6.07) is 14.1. The predicted octanol–water partition coefficient (Wildman–Crippen LogP) is 2.87. The van der Waals surface area contributed by atoms with Gasteiger partial charge in [0.05, 0.1) is 5.92 Å². The molecular weight excluding hydrogens is 266 g/mol. The molecule has 2 aromatic carbocycles. The number of rotatable bonds is 7. The van der Waals surface area contributed by atoms with Crippen LogP contribution in [0, 0.1) is 5.92 Å². The molecule has 0 aliphatic carbocycles. The molecule has 0 saturated heterocycles. The fourth-order valence-corrected chi connectivity index (χ4v) is 2.27. The Morgan fingerprint density at radius 2 is 1.95 bits per heavy atom. The highest BCUT2D eigenvalue weighted by Gasteiger charge is 2.13. The lowest BCUT2D eigenvalue weighted by Crippen LogP contribution is -2.31. The maximum atomic E-state index is 10.8. The molecule has 2 rings (SSSR count). The molecule has 112 valence electrons. The molecule has 0 saturated carbocycles. The number of carbonyl (C=O) groups is 1. The van der Waals surface area contributed by atoms with E-state index in [1.165, 1.54) is 0 Å². The number of hydrogen-bond acceptors (Lipinski definition) is 3. The van der Waals surface area contributed by atoms with Gasteiger partial charge in [-0.15, -0.1) is 0 Å². The van der Waals surface area contributed by atoms with E-state index in [0.29, 0.717) is 19.7 Å². The first-order chi connectivity index (χ1) is 10.1. The van der Waals surface area contributed by atoms with Crippen molar-refractivity contribution in [2.24, 2.45) is 5.92 Å². The zero-order valence-electron chi connectivity index (χ0n) is 12.5. The van der Waals surface area contributed by atoms with Gasteiger partial charge >= 0.3 is 5.97 Å². The van der Waals surface area contributed by atoms with Crippen molar-refractivity contribution in [1.29, 1.82) is 0 Å². The van der Waals surface area contributed by atoms with Gasteiger partial charge in [0.2, 0.25) is 0 Å². The van der Waals surface area contributed by atoms with Gasteiger partial charge in [0, 0.05) is 18.5 Å². The van der Waals surface area contributed by atoms with Gasteiger partial charge < -0.3 is 14.7 Å². The summed E-state index contributed by atoms with van der Waals surface area (Å²) in [6.07, 6.45) is 0. The van der Waals surface area contributed by atoms with E-state index in [1.54, 1.807) is 6.92 Å². The second kappa shape index (κ2) is 7.09. The molecule has 0 bridgehead atoms. The van der Waals surface area contributed by atoms with Crippen molar-refractivity contribution in [1.82, 2.24) is 4.90 Å². The second-order valence-electron chi connectivity index (χ2n) is 5.33. The topological polar surface area (TPSA) is 49.8 Å². The molecule has 0 radical (unpaired) electrons. The quantitative estimate of drug-likeness (QED) is 0.850. The lowest BCUT2D eigenvalue weighted by molar-refractivity contribution is -0.141. The Morgan fingerprint density at radius 1 is 1.24 bits per heavy atom. The molecule has 1 atom stereocenters. The summed E-state index contributed by atoms with van der Waals surface area (Å²) in [6.45, 7) is 3.47. The van der Waals surface area contributed by atoms with Crippen LogP contribution in [-0.2, 0) is 4.79 Å². The zero-order chi connectivity index (χ0) is 15.2. The molecule has 1 N–H and O–H groups in total. The third kappa shape index (κ3) is 4.20. The highest BCUT2D eigenvalue weighted by atomic mass is 16.5. The van der Waals surface area contributed by atoms with E-state index in [-0.39, 0.29) is 5.92 Å². The van der Waals surface area contributed by atoms with Gasteiger partial charge in [-0.25, -0.2) is 0 Å². The van der Waals surface area contributed by atoms with E-state index in [9.17, 15) is 4.79 Å². The van der Waals surface area contributed by atoms with E-state index >= 15 is 0 Å². The number of fused-ring (bicyclic) bond motifs is 1. The van der Waals surface area contributed by atoms with Crippen molar-refractivity contribution in [3.63, 3.8) is 0 Å². The van der Waals surface area contributed by atoms with Crippen LogP contribution in [0.25, 0.3) is 10.8 Å². The van der Waals surface area contributed by atoms with Crippen molar-refractivity contribution in [2.75, 3.05) is 26.7 Å². The van der Waals surface area contributed by atoms with Crippen LogP contribution in [-0.4, -0.2) is 42.7 Å². The summed E-state index contributed by atoms with van der Waals surface area (Å²) in [4.78, 5) is 12.8. The van der Waals surface area contributed by atoms with Crippen LogP contribution in [0.3, 0.4) is 0 Å². The summed E-state index contributed by atoms with van der Waals surface area (Å²) in [7, 11) is 1.91. The average molecular weight is 287 g/mol. The molecular formula is C17H21NO3. The maximum absolute atomic E-state index is 10.8. The van der Waals surface area contributed by atoms with Crippen LogP contribution < -0.4 is 4.74 Å². The first-order valence-corrected chi connectivity index (χ1v) is 7.10. The fraction of sp³-hybridized carbons (Fsp3) is 0.353. The number of aliphatic carboxylic acids is 1. The summed E-state index contributed by atoms with van der Waals surface area (Å²) in [5.74, 6) is -0.267. The standard InChI is InChI=1S/C17H21NO3/c1-13(17(19)20)12-18(2)10-11-21-16-9-5-7-14-6-3-4-8-15(14)16/h3-9,13H,10-12H2,1-2H3,(H,19,20). The first kappa shape index (κ1) is 15.3. The predicted molar refractivity (Wildman–Crippen MR) is 83.7 cm³/mol. The Bertz CT molecular complexity index is 607. The highest BCUT2D eigenvalue weighted by Crippen LogP contribution is 2.24. The third-order valence-electron chi connectivity index (χ3n) is 3.49. The van der Waals surface area contributed by atoms with E-state index in [1.807, 2.05) is 42.3 Å². The second-order valence-corrected chi connectivity index (χ2v) is 5.33. The Morgan fingerprint density at radius 3 is 2.71 bits per heavy atom. The Labute approximate surface area is 124 Å². The number of hydrogen-bond donors (Lipinski definition) is 1. The molecule has 0 aromatic heterocycles. The third-order valence-corrected chi connectivity index (χ3v) is 3.49. The minimum absolute atomic E-state index is 0.368. The number of carboxylic acids is 1. The van der Waals surface area contributed by atoms with E-state index < -0.39 is 5.97 Å². The lowest BCUT2D eigenvalue weighted by Gasteiger charge is -2.19. The van der Waals surface area contributed by atoms with Crippen molar-refractivity contribution < 1.29 is 14.6 Å². The van der Waals surface area contributed by atoms with Gasteiger partial charge in [-0.2, -0.15) is 0 Å². The molecule has 0 amide bonds. The maximum Gasteiger partial charge on any atom is 0.307 e. The lowest BCUT2D eigenvalue weighted by atomic mass is 10.1. The number of likely N-dealkylation sites (N-methyl/N-ethyl adjacent to an activating group) is 1. The number of nitrogens with zero attached hydrogens (tertiary/aromatic N) is 1. The van der Waals surface area contributed by atoms with E-state index in [0.717, 1.165) is 16.5 Å². The van der Waals surface area contributed by atoms with Crippen LogP contribution >= 0.6 is 0 Å². The van der Waals surface area contributed by atoms with Gasteiger partial charge in [-0.3, -0.25) is 4.79 Å². The van der Waals surface area contributed by atoms with E-state index in [2.05, 4.69) is 12.1 Å². The molecule has 0 heterocycles. The molecule has 1 unspecified atom stereocenters. The van der Waals surface area contributed by atoms with Gasteiger partial charge in [0.1, 0.15) is 12.4 Å². The molecule has 0 aliphatic rings. The Hall–Kier alpha value is -2.07. The van der Waals surface area contributed by atoms with E-state index in [4.69, 9.17) is 9.84 Å². The molecule has 21 heavy (non-hydrogen) atoms. The van der Waals surface area contributed by atoms with Crippen LogP contribution in [0.2, 0.25) is 0 Å². The minimum Gasteiger partial charge on any atom is -0.492 e. The van der Waals surface area contributed by atoms with Crippen molar-refractivity contribution in [3.8, 4) is 5.75 Å². The number of ether oxygens (including phenoxy) is 1. The summed E-state index contributed by atoms with van der Waals surface area (Å²) in [5, 5.41) is 11.1. The largest absolute Gasteiger partial charge is 0.492 e. The highest BCUT2D eigenvalue weighted by molar-refractivity contribution is 5.88. The zero-order valence-corrected chi connectivity index (χ0v) is 12.5. The number of benzene rings is 2. The normalized spacial score (nSPS) is 12.5. The van der Waals surface area contributed by atoms with Crippen LogP contribution in [0.1, 0.15) is 6.92 Å². The van der Waals surface area contributed by atoms with Gasteiger partial charge in [-0.05, 0) is 18.5 Å². The minimum atomic E-state index is -0.767. The van der Waals surface area contributed by atoms with Crippen molar-refractivity contribution in [3.05, 3.63) is 42.5 Å². The molecule has 4 nitrogen and oxygen atoms in total. The SMILES string of the molecule is CC(CN(C)CCOc1cccc2ccccc12)C(=O)O. The summed E-state index contributed by atoms with van der Waals surface area (Å²) < 4.78 is 5.84. The Balaban J connectivity index is 1.89. The smallest absolute Gasteiger partial charge is 0.307 e. The molecule has 2 aromatic rings.